The van der Waals surface area contributed by atoms with Crippen LogP contribution in [0.1, 0.15) is 323 Å². The van der Waals surface area contributed by atoms with Gasteiger partial charge in [-0.15, -0.1) is 0 Å². The highest BCUT2D eigenvalue weighted by Crippen LogP contribution is 2.18. The molecule has 6 heteroatoms. The fourth-order valence-corrected chi connectivity index (χ4v) is 8.72. The van der Waals surface area contributed by atoms with Crippen LogP contribution >= 0.6 is 0 Å². The number of hydrogen-bond donors (Lipinski definition) is 0. The minimum absolute atomic E-state index is 0.0624. The number of rotatable bonds is 52. The van der Waals surface area contributed by atoms with Crippen molar-refractivity contribution in [1.82, 2.24) is 0 Å². The van der Waals surface area contributed by atoms with Crippen LogP contribution in [0.25, 0.3) is 0 Å². The van der Waals surface area contributed by atoms with Crippen LogP contribution in [0.2, 0.25) is 0 Å². The van der Waals surface area contributed by atoms with Gasteiger partial charge in [0.05, 0.1) is 0 Å². The van der Waals surface area contributed by atoms with Crippen LogP contribution in [-0.4, -0.2) is 37.2 Å². The van der Waals surface area contributed by atoms with Crippen molar-refractivity contribution in [2.24, 2.45) is 5.92 Å². The molecule has 0 saturated carbocycles. The Hall–Kier alpha value is -1.59. The average Bonchev–Trinajstić information content (AvgIpc) is 3.28. The monoisotopic (exact) mass is 891 g/mol. The quantitative estimate of drug-likeness (QED) is 0.0344. The maximum Gasteiger partial charge on any atom is 0.306 e. The Morgan fingerprint density at radius 1 is 0.317 bits per heavy atom. The summed E-state index contributed by atoms with van der Waals surface area (Å²) in [5.74, 6) is 0.00837. The summed E-state index contributed by atoms with van der Waals surface area (Å²) in [5, 5.41) is 0. The predicted molar refractivity (Wildman–Crippen MR) is 270 cm³/mol. The van der Waals surface area contributed by atoms with Gasteiger partial charge in [0.1, 0.15) is 13.2 Å². The Kier molecular flexibility index (Phi) is 50.1. The van der Waals surface area contributed by atoms with E-state index in [4.69, 9.17) is 14.2 Å². The summed E-state index contributed by atoms with van der Waals surface area (Å²) in [4.78, 5) is 38.1. The third-order valence-corrected chi connectivity index (χ3v) is 13.4. The molecule has 0 amide bonds. The number of carbonyl (C=O) groups excluding carboxylic acids is 3. The first-order valence-corrected chi connectivity index (χ1v) is 28.4. The molecule has 0 saturated heterocycles. The van der Waals surface area contributed by atoms with E-state index in [-0.39, 0.29) is 31.1 Å². The largest absolute Gasteiger partial charge is 0.462 e. The molecule has 0 radical (unpaired) electrons. The maximum atomic E-state index is 12.8. The second kappa shape index (κ2) is 51.4. The third kappa shape index (κ3) is 49.7. The van der Waals surface area contributed by atoms with E-state index in [0.717, 1.165) is 63.7 Å². The lowest BCUT2D eigenvalue weighted by atomic mass is 9.99. The molecule has 0 spiro atoms. The highest BCUT2D eigenvalue weighted by molar-refractivity contribution is 5.71. The summed E-state index contributed by atoms with van der Waals surface area (Å²) in [6.45, 7) is 9.05. The van der Waals surface area contributed by atoms with Crippen LogP contribution in [0.5, 0.6) is 0 Å². The molecule has 0 rings (SSSR count). The Labute approximate surface area is 393 Å². The standard InChI is InChI=1S/C57H110O6/c1-5-8-10-12-14-16-18-20-22-23-24-25-26-28-29-31-36-40-44-48-55(58)61-51-54(52-62-56(59)49-45-41-37-34-33-35-39-43-47-53(4)7-3)63-57(60)50-46-42-38-32-30-27-21-19-17-15-13-11-9-6-2/h53-54H,5-52H2,1-4H3/t53?,54-/m1/s1. The second-order valence-electron chi connectivity index (χ2n) is 19.8. The van der Waals surface area contributed by atoms with Gasteiger partial charge < -0.3 is 14.2 Å². The van der Waals surface area contributed by atoms with Crippen molar-refractivity contribution in [3.63, 3.8) is 0 Å². The summed E-state index contributed by atoms with van der Waals surface area (Å²) >= 11 is 0. The zero-order valence-electron chi connectivity index (χ0n) is 43.0. The Bertz CT molecular complexity index is 951. The third-order valence-electron chi connectivity index (χ3n) is 13.4. The Morgan fingerprint density at radius 2 is 0.556 bits per heavy atom. The molecular formula is C57H110O6. The highest BCUT2D eigenvalue weighted by Gasteiger charge is 2.19. The molecule has 0 bridgehead atoms. The number of hydrogen-bond acceptors (Lipinski definition) is 6. The molecule has 0 aromatic heterocycles. The smallest absolute Gasteiger partial charge is 0.306 e. The molecular weight excluding hydrogens is 781 g/mol. The Balaban J connectivity index is 4.26. The molecule has 0 aliphatic heterocycles. The molecule has 0 aromatic carbocycles. The zero-order valence-corrected chi connectivity index (χ0v) is 43.0. The summed E-state index contributed by atoms with van der Waals surface area (Å²) in [6, 6.07) is 0. The van der Waals surface area contributed by atoms with Crippen molar-refractivity contribution in [2.75, 3.05) is 13.2 Å². The minimum atomic E-state index is -0.762. The SMILES string of the molecule is CCCCCCCCCCCCCCCCCCCCCC(=O)OC[C@H](COC(=O)CCCCCCCCCCC(C)CC)OC(=O)CCCCCCCCCCCCCCCC. The van der Waals surface area contributed by atoms with Gasteiger partial charge in [0.15, 0.2) is 6.10 Å². The van der Waals surface area contributed by atoms with E-state index in [2.05, 4.69) is 27.7 Å². The minimum Gasteiger partial charge on any atom is -0.462 e. The highest BCUT2D eigenvalue weighted by atomic mass is 16.6. The molecule has 6 nitrogen and oxygen atoms in total. The second-order valence-corrected chi connectivity index (χ2v) is 19.8. The van der Waals surface area contributed by atoms with Gasteiger partial charge in [0.2, 0.25) is 0 Å². The van der Waals surface area contributed by atoms with E-state index in [1.807, 2.05) is 0 Å². The van der Waals surface area contributed by atoms with Crippen LogP contribution in [0.3, 0.4) is 0 Å². The molecule has 63 heavy (non-hydrogen) atoms. The lowest BCUT2D eigenvalue weighted by Gasteiger charge is -2.18. The molecule has 1 unspecified atom stereocenters. The predicted octanol–water partition coefficient (Wildman–Crippen LogP) is 18.6. The number of ether oxygens (including phenoxy) is 3. The molecule has 0 N–H and O–H groups in total. The fraction of sp³-hybridized carbons (Fsp3) is 0.947. The molecule has 0 aromatic rings. The van der Waals surface area contributed by atoms with Gasteiger partial charge in [-0.25, -0.2) is 0 Å². The summed E-state index contributed by atoms with van der Waals surface area (Å²) in [6.07, 6.45) is 55.2. The number of carbonyl (C=O) groups is 3. The molecule has 0 aliphatic rings. The van der Waals surface area contributed by atoms with Crippen LogP contribution in [0.4, 0.5) is 0 Å². The first-order valence-electron chi connectivity index (χ1n) is 28.4. The normalized spacial score (nSPS) is 12.4. The van der Waals surface area contributed by atoms with Crippen molar-refractivity contribution in [3.8, 4) is 0 Å². The van der Waals surface area contributed by atoms with Gasteiger partial charge in [-0.05, 0) is 25.2 Å². The van der Waals surface area contributed by atoms with E-state index < -0.39 is 6.10 Å². The lowest BCUT2D eigenvalue weighted by Crippen LogP contribution is -2.30. The van der Waals surface area contributed by atoms with E-state index in [0.29, 0.717) is 19.3 Å². The zero-order chi connectivity index (χ0) is 45.9. The van der Waals surface area contributed by atoms with Crippen molar-refractivity contribution in [1.29, 1.82) is 0 Å². The van der Waals surface area contributed by atoms with Crippen LogP contribution in [0.15, 0.2) is 0 Å². The molecule has 0 fully saturated rings. The van der Waals surface area contributed by atoms with E-state index >= 15 is 0 Å². The lowest BCUT2D eigenvalue weighted by molar-refractivity contribution is -0.167. The van der Waals surface area contributed by atoms with Gasteiger partial charge >= 0.3 is 17.9 Å². The summed E-state index contributed by atoms with van der Waals surface area (Å²) in [7, 11) is 0. The van der Waals surface area contributed by atoms with Gasteiger partial charge in [0.25, 0.3) is 0 Å². The molecule has 2 atom stereocenters. The van der Waals surface area contributed by atoms with Crippen molar-refractivity contribution < 1.29 is 28.6 Å². The van der Waals surface area contributed by atoms with Gasteiger partial charge in [0, 0.05) is 19.3 Å². The molecule has 0 aliphatic carbocycles. The van der Waals surface area contributed by atoms with Crippen molar-refractivity contribution in [3.05, 3.63) is 0 Å². The summed E-state index contributed by atoms with van der Waals surface area (Å²) < 4.78 is 16.9. The van der Waals surface area contributed by atoms with E-state index in [1.54, 1.807) is 0 Å². The maximum absolute atomic E-state index is 12.8. The van der Waals surface area contributed by atoms with Crippen LogP contribution in [-0.2, 0) is 28.6 Å². The van der Waals surface area contributed by atoms with Crippen molar-refractivity contribution in [2.45, 2.75) is 329 Å². The van der Waals surface area contributed by atoms with Crippen LogP contribution < -0.4 is 0 Å². The molecule has 0 heterocycles. The van der Waals surface area contributed by atoms with Gasteiger partial charge in [-0.3, -0.25) is 14.4 Å². The van der Waals surface area contributed by atoms with E-state index in [9.17, 15) is 14.4 Å². The fourth-order valence-electron chi connectivity index (χ4n) is 8.72. The van der Waals surface area contributed by atoms with E-state index in [1.165, 1.54) is 218 Å². The van der Waals surface area contributed by atoms with Crippen LogP contribution in [0, 0.1) is 5.92 Å². The first-order chi connectivity index (χ1) is 30.9. The topological polar surface area (TPSA) is 78.9 Å². The number of unbranched alkanes of at least 4 members (excludes halogenated alkanes) is 38. The van der Waals surface area contributed by atoms with Gasteiger partial charge in [-0.1, -0.05) is 285 Å². The van der Waals surface area contributed by atoms with Crippen molar-refractivity contribution >= 4 is 17.9 Å². The average molecular weight is 892 g/mol. The summed E-state index contributed by atoms with van der Waals surface area (Å²) in [5.41, 5.74) is 0. The molecule has 374 valence electrons. The number of esters is 3. The van der Waals surface area contributed by atoms with Gasteiger partial charge in [-0.2, -0.15) is 0 Å². The Morgan fingerprint density at radius 3 is 0.825 bits per heavy atom. The first kappa shape index (κ1) is 61.4.